The molecule has 1 aliphatic rings. The Morgan fingerprint density at radius 1 is 0.176 bits per heavy atom. The lowest BCUT2D eigenvalue weighted by Gasteiger charge is -2.22. The standard InChI is InChI=1S/C68H41N5.C65H42N4/c1-2-17-47(18-3-1)71-61-26-11-7-20-52(61)55-34-31-45(41-64(55)71)66-58-23-6-10-25-60(58)69-68(70-66)57-24-14-16-44-37-48(33-36-50(44)57)72-62-27-12-9-22-54(62)59-39-46-38-49(32-29-43(46)40-65(59)72)73-63-28-13-8-21-53(63)56-35-30-42-15-4-5-19-51(42)67(56)73;1-65(2)55-23-11-7-18-46(55)47-31-29-41(37-56(47)65)62-53-22-8-12-24-57(53)66-64(67-62)52-33-34-60(48-19-6-5-17-45(48)52)69-59-26-14-10-21-50(59)54-36-42-35-43(30-27-40(42)38-61(54)69)68-58-25-13-9-20-49(58)51-32-28-39-15-3-4-16-44(39)63(51)68/h1-41H;3-38H,1-2H3. The molecular formula is C133H83N9. The van der Waals surface area contributed by atoms with E-state index in [4.69, 9.17) is 19.9 Å². The Kier molecular flexibility index (Phi) is 17.2. The van der Waals surface area contributed by atoms with Crippen LogP contribution in [-0.4, -0.2) is 42.8 Å². The van der Waals surface area contributed by atoms with Crippen molar-refractivity contribution in [1.29, 1.82) is 0 Å². The third-order valence-corrected chi connectivity index (χ3v) is 30.6. The van der Waals surface area contributed by atoms with Crippen LogP contribution in [0.3, 0.4) is 0 Å². The fraction of sp³-hybridized carbons (Fsp3) is 0.0226. The number of nitrogens with zero attached hydrogens (tertiary/aromatic N) is 9. The van der Waals surface area contributed by atoms with Crippen LogP contribution in [0.5, 0.6) is 0 Å². The molecule has 23 aromatic carbocycles. The molecule has 7 heterocycles. The highest BCUT2D eigenvalue weighted by Crippen LogP contribution is 2.52. The molecule has 0 amide bonds. The van der Waals surface area contributed by atoms with Gasteiger partial charge in [0.05, 0.1) is 83.3 Å². The first kappa shape index (κ1) is 79.5. The largest absolute Gasteiger partial charge is 0.309 e. The zero-order valence-electron chi connectivity index (χ0n) is 77.5. The third-order valence-electron chi connectivity index (χ3n) is 30.6. The highest BCUT2D eigenvalue weighted by molar-refractivity contribution is 6.23. The molecule has 0 radical (unpaired) electrons. The Bertz CT molecular complexity index is 10700. The lowest BCUT2D eigenvalue weighted by Crippen LogP contribution is -2.15. The molecule has 1 aliphatic carbocycles. The summed E-state index contributed by atoms with van der Waals surface area (Å²) in [5, 5.41) is 28.7. The molecule has 0 N–H and O–H groups in total. The molecule has 0 unspecified atom stereocenters. The van der Waals surface area contributed by atoms with Gasteiger partial charge in [-0.1, -0.05) is 341 Å². The highest BCUT2D eigenvalue weighted by Gasteiger charge is 2.36. The number of hydrogen-bond acceptors (Lipinski definition) is 4. The summed E-state index contributed by atoms with van der Waals surface area (Å²) in [4.78, 5) is 21.5. The van der Waals surface area contributed by atoms with Crippen LogP contribution >= 0.6 is 0 Å². The van der Waals surface area contributed by atoms with Crippen LogP contribution in [0, 0.1) is 0 Å². The molecule has 0 aliphatic heterocycles. The van der Waals surface area contributed by atoms with Gasteiger partial charge in [-0.05, 0) is 210 Å². The first-order valence-corrected chi connectivity index (χ1v) is 48.9. The Morgan fingerprint density at radius 3 is 1.14 bits per heavy atom. The molecule has 0 atom stereocenters. The summed E-state index contributed by atoms with van der Waals surface area (Å²) in [7, 11) is 0. The van der Waals surface area contributed by atoms with E-state index in [1.807, 2.05) is 0 Å². The van der Waals surface area contributed by atoms with Crippen LogP contribution in [0.1, 0.15) is 25.0 Å². The van der Waals surface area contributed by atoms with Gasteiger partial charge < -0.3 is 22.8 Å². The van der Waals surface area contributed by atoms with Crippen LogP contribution in [-0.2, 0) is 5.41 Å². The molecule has 142 heavy (non-hydrogen) atoms. The number of benzene rings is 23. The van der Waals surface area contributed by atoms with E-state index in [9.17, 15) is 0 Å². The van der Waals surface area contributed by atoms with Crippen LogP contribution in [0.15, 0.2) is 467 Å². The molecule has 31 rings (SSSR count). The minimum Gasteiger partial charge on any atom is -0.309 e. The van der Waals surface area contributed by atoms with E-state index in [1.165, 1.54) is 169 Å². The SMILES string of the molecule is CC1(C)c2ccccc2-c2ccc(-c3nc(-c4ccc(-n5c6ccccc6c6cc7cc(-n8c9ccccc9c9ccc%10ccccc%10c98)ccc7cc65)c5ccccc45)nc4ccccc34)cc21.c1ccc(-n2c3ccccc3c3ccc(-c4nc(-c5cccc6cc(-n7c8ccccc8c8cc9cc(-n%10c%11ccccc%11c%11ccc%12ccccc%12c%11%10)ccc9cc87)ccc56)nc5ccccc45)cc32)cc1. The number of para-hydroxylation sites is 8. The molecule has 7 aromatic heterocycles. The average molecular weight is 1810 g/mol. The first-order chi connectivity index (χ1) is 70.2. The van der Waals surface area contributed by atoms with Gasteiger partial charge in [-0.3, -0.25) is 0 Å². The molecule has 0 saturated heterocycles. The van der Waals surface area contributed by atoms with Gasteiger partial charge in [0.2, 0.25) is 0 Å². The Balaban J connectivity index is 0.000000133. The van der Waals surface area contributed by atoms with Crippen LogP contribution in [0.25, 0.3) is 280 Å². The summed E-state index contributed by atoms with van der Waals surface area (Å²) in [6.45, 7) is 4.67. The van der Waals surface area contributed by atoms with Crippen molar-refractivity contribution >= 4 is 195 Å². The van der Waals surface area contributed by atoms with Gasteiger partial charge in [-0.25, -0.2) is 19.9 Å². The van der Waals surface area contributed by atoms with E-state index < -0.39 is 0 Å². The van der Waals surface area contributed by atoms with Gasteiger partial charge in [-0.15, -0.1) is 0 Å². The van der Waals surface area contributed by atoms with Crippen LogP contribution in [0.2, 0.25) is 0 Å². The topological polar surface area (TPSA) is 76.2 Å². The van der Waals surface area contributed by atoms with Gasteiger partial charge in [-0.2, -0.15) is 0 Å². The van der Waals surface area contributed by atoms with Crippen LogP contribution in [0.4, 0.5) is 0 Å². The smallest absolute Gasteiger partial charge is 0.161 e. The highest BCUT2D eigenvalue weighted by atomic mass is 15.0. The number of hydrogen-bond donors (Lipinski definition) is 0. The van der Waals surface area contributed by atoms with Gasteiger partial charge >= 0.3 is 0 Å². The van der Waals surface area contributed by atoms with Crippen molar-refractivity contribution in [2.75, 3.05) is 0 Å². The number of fused-ring (bicyclic) bond motifs is 28. The van der Waals surface area contributed by atoms with E-state index in [0.717, 1.165) is 117 Å². The van der Waals surface area contributed by atoms with Crippen molar-refractivity contribution in [3.63, 3.8) is 0 Å². The maximum atomic E-state index is 5.49. The van der Waals surface area contributed by atoms with Crippen LogP contribution < -0.4 is 0 Å². The number of rotatable bonds is 9. The van der Waals surface area contributed by atoms with E-state index >= 15 is 0 Å². The molecule has 0 bridgehead atoms. The monoisotopic (exact) mass is 1810 g/mol. The molecular weight excluding hydrogens is 1720 g/mol. The number of aromatic nitrogens is 9. The normalized spacial score (nSPS) is 12.6. The quantitative estimate of drug-likeness (QED) is 0.144. The minimum atomic E-state index is -0.120. The summed E-state index contributed by atoms with van der Waals surface area (Å²) in [5.41, 5.74) is 30.6. The second-order valence-corrected chi connectivity index (χ2v) is 38.6. The summed E-state index contributed by atoms with van der Waals surface area (Å²) < 4.78 is 12.2. The van der Waals surface area contributed by atoms with Gasteiger partial charge in [0.1, 0.15) is 0 Å². The third kappa shape index (κ3) is 11.9. The van der Waals surface area contributed by atoms with Gasteiger partial charge in [0.25, 0.3) is 0 Å². The van der Waals surface area contributed by atoms with Crippen molar-refractivity contribution in [2.45, 2.75) is 19.3 Å². The summed E-state index contributed by atoms with van der Waals surface area (Å²) in [6.07, 6.45) is 0. The molecule has 9 nitrogen and oxygen atoms in total. The Morgan fingerprint density at radius 2 is 0.549 bits per heavy atom. The second kappa shape index (κ2) is 30.7. The van der Waals surface area contributed by atoms with Crippen molar-refractivity contribution in [1.82, 2.24) is 42.8 Å². The zero-order chi connectivity index (χ0) is 93.3. The molecule has 9 heteroatoms. The van der Waals surface area contributed by atoms with E-state index in [-0.39, 0.29) is 5.41 Å². The Labute approximate surface area is 814 Å². The average Bonchev–Trinajstić information content (AvgIpc) is 1.56. The lowest BCUT2D eigenvalue weighted by atomic mass is 9.82. The summed E-state index contributed by atoms with van der Waals surface area (Å²) >= 11 is 0. The first-order valence-electron chi connectivity index (χ1n) is 48.9. The zero-order valence-corrected chi connectivity index (χ0v) is 77.5. The van der Waals surface area contributed by atoms with Crippen molar-refractivity contribution in [2.24, 2.45) is 0 Å². The van der Waals surface area contributed by atoms with E-state index in [0.29, 0.717) is 5.82 Å². The predicted octanol–water partition coefficient (Wildman–Crippen LogP) is 34.6. The summed E-state index contributed by atoms with van der Waals surface area (Å²) in [5.74, 6) is 1.42. The lowest BCUT2D eigenvalue weighted by molar-refractivity contribution is 0.660. The maximum Gasteiger partial charge on any atom is 0.161 e. The molecule has 30 aromatic rings. The maximum absolute atomic E-state index is 5.49. The Hall–Kier alpha value is -18.7. The van der Waals surface area contributed by atoms with Crippen molar-refractivity contribution < 1.29 is 0 Å². The fourth-order valence-electron chi connectivity index (χ4n) is 24.1. The van der Waals surface area contributed by atoms with E-state index in [2.05, 4.69) is 504 Å². The molecule has 0 fully saturated rings. The summed E-state index contributed by atoms with van der Waals surface area (Å²) in [6, 6.07) is 170. The predicted molar refractivity (Wildman–Crippen MR) is 595 cm³/mol. The van der Waals surface area contributed by atoms with Gasteiger partial charge in [0, 0.05) is 131 Å². The fourth-order valence-corrected chi connectivity index (χ4v) is 24.1. The van der Waals surface area contributed by atoms with E-state index in [1.54, 1.807) is 0 Å². The van der Waals surface area contributed by atoms with Crippen molar-refractivity contribution in [3.05, 3.63) is 478 Å². The molecule has 0 spiro atoms. The van der Waals surface area contributed by atoms with Gasteiger partial charge in [0.15, 0.2) is 11.6 Å². The van der Waals surface area contributed by atoms with Crippen molar-refractivity contribution in [3.8, 4) is 84.9 Å². The molecule has 660 valence electrons. The second-order valence-electron chi connectivity index (χ2n) is 38.6. The minimum absolute atomic E-state index is 0.120. The molecule has 0 saturated carbocycles.